The van der Waals surface area contributed by atoms with Crippen molar-refractivity contribution < 1.29 is 13.2 Å². The SMILES string of the molecule is NC(c1ccc(Cl)cc1Cl)c1ccccc1C(F)(F)F. The number of hydrogen-bond donors (Lipinski definition) is 1. The first kappa shape index (κ1) is 15.2. The van der Waals surface area contributed by atoms with Crippen LogP contribution in [0.25, 0.3) is 0 Å². The number of alkyl halides is 3. The van der Waals surface area contributed by atoms with Gasteiger partial charge in [0.25, 0.3) is 0 Å². The molecular formula is C14H10Cl2F3N. The highest BCUT2D eigenvalue weighted by Gasteiger charge is 2.34. The number of hydrogen-bond acceptors (Lipinski definition) is 1. The Labute approximate surface area is 124 Å². The van der Waals surface area contributed by atoms with E-state index in [4.69, 9.17) is 28.9 Å². The molecule has 0 aliphatic heterocycles. The summed E-state index contributed by atoms with van der Waals surface area (Å²) in [5.41, 5.74) is 5.54. The van der Waals surface area contributed by atoms with Gasteiger partial charge in [0.1, 0.15) is 0 Å². The lowest BCUT2D eigenvalue weighted by atomic mass is 9.95. The fourth-order valence-corrected chi connectivity index (χ4v) is 2.47. The Bertz CT molecular complexity index is 626. The van der Waals surface area contributed by atoms with Crippen molar-refractivity contribution in [1.29, 1.82) is 0 Å². The second-order valence-electron chi connectivity index (χ2n) is 4.23. The summed E-state index contributed by atoms with van der Waals surface area (Å²) in [7, 11) is 0. The van der Waals surface area contributed by atoms with Crippen molar-refractivity contribution in [3.05, 3.63) is 69.2 Å². The Morgan fingerprint density at radius 3 is 2.20 bits per heavy atom. The molecule has 0 amide bonds. The van der Waals surface area contributed by atoms with Gasteiger partial charge in [0, 0.05) is 10.0 Å². The van der Waals surface area contributed by atoms with Crippen LogP contribution in [0, 0.1) is 0 Å². The van der Waals surface area contributed by atoms with Crippen molar-refractivity contribution in [1.82, 2.24) is 0 Å². The molecule has 0 spiro atoms. The first-order chi connectivity index (χ1) is 9.30. The molecule has 0 bridgehead atoms. The zero-order valence-electron chi connectivity index (χ0n) is 10.1. The monoisotopic (exact) mass is 319 g/mol. The predicted molar refractivity (Wildman–Crippen MR) is 73.9 cm³/mol. The molecule has 0 aliphatic rings. The standard InChI is InChI=1S/C14H10Cl2F3N/c15-8-5-6-10(12(16)7-8)13(20)9-3-1-2-4-11(9)14(17,18)19/h1-7,13H,20H2. The van der Waals surface area contributed by atoms with Crippen LogP contribution in [0.15, 0.2) is 42.5 Å². The highest BCUT2D eigenvalue weighted by molar-refractivity contribution is 6.35. The molecule has 0 fully saturated rings. The number of rotatable bonds is 2. The molecule has 0 saturated heterocycles. The molecule has 1 unspecified atom stereocenters. The number of halogens is 5. The van der Waals surface area contributed by atoms with Crippen LogP contribution in [-0.4, -0.2) is 0 Å². The minimum absolute atomic E-state index is 0.0239. The Hall–Kier alpha value is -1.23. The minimum atomic E-state index is -4.47. The maximum absolute atomic E-state index is 13.0. The predicted octanol–water partition coefficient (Wildman–Crippen LogP) is 5.06. The average molecular weight is 320 g/mol. The molecule has 2 aromatic carbocycles. The van der Waals surface area contributed by atoms with Gasteiger partial charge in [0.2, 0.25) is 0 Å². The van der Waals surface area contributed by atoms with E-state index in [0.29, 0.717) is 10.6 Å². The third-order valence-corrected chi connectivity index (χ3v) is 3.46. The zero-order valence-corrected chi connectivity index (χ0v) is 11.6. The summed E-state index contributed by atoms with van der Waals surface area (Å²) in [5.74, 6) is 0. The highest BCUT2D eigenvalue weighted by Crippen LogP contribution is 2.37. The van der Waals surface area contributed by atoms with Gasteiger partial charge in [0.05, 0.1) is 11.6 Å². The first-order valence-corrected chi connectivity index (χ1v) is 6.43. The Morgan fingerprint density at radius 2 is 1.60 bits per heavy atom. The van der Waals surface area contributed by atoms with Gasteiger partial charge >= 0.3 is 6.18 Å². The van der Waals surface area contributed by atoms with E-state index in [1.54, 1.807) is 6.07 Å². The molecule has 0 saturated carbocycles. The van der Waals surface area contributed by atoms with E-state index in [1.807, 2.05) is 0 Å². The smallest absolute Gasteiger partial charge is 0.320 e. The molecule has 2 N–H and O–H groups in total. The van der Waals surface area contributed by atoms with Crippen LogP contribution in [0.5, 0.6) is 0 Å². The molecule has 106 valence electrons. The van der Waals surface area contributed by atoms with Gasteiger partial charge in [-0.2, -0.15) is 13.2 Å². The Kier molecular flexibility index (Phi) is 4.28. The fourth-order valence-electron chi connectivity index (χ4n) is 1.95. The maximum atomic E-state index is 13.0. The molecular weight excluding hydrogens is 310 g/mol. The van der Waals surface area contributed by atoms with E-state index in [1.165, 1.54) is 30.3 Å². The van der Waals surface area contributed by atoms with Gasteiger partial charge in [-0.05, 0) is 29.3 Å². The van der Waals surface area contributed by atoms with Gasteiger partial charge < -0.3 is 5.73 Å². The molecule has 2 rings (SSSR count). The quantitative estimate of drug-likeness (QED) is 0.822. The van der Waals surface area contributed by atoms with Crippen molar-refractivity contribution in [3.63, 3.8) is 0 Å². The average Bonchev–Trinajstić information content (AvgIpc) is 2.37. The van der Waals surface area contributed by atoms with Crippen molar-refractivity contribution >= 4 is 23.2 Å². The summed E-state index contributed by atoms with van der Waals surface area (Å²) in [6.45, 7) is 0. The normalized spacial score (nSPS) is 13.3. The summed E-state index contributed by atoms with van der Waals surface area (Å²) in [6, 6.07) is 8.72. The molecule has 2 aromatic rings. The lowest BCUT2D eigenvalue weighted by molar-refractivity contribution is -0.138. The first-order valence-electron chi connectivity index (χ1n) is 5.67. The van der Waals surface area contributed by atoms with Crippen LogP contribution in [-0.2, 0) is 6.18 Å². The van der Waals surface area contributed by atoms with Crippen LogP contribution in [0.4, 0.5) is 13.2 Å². The van der Waals surface area contributed by atoms with Gasteiger partial charge in [-0.1, -0.05) is 47.5 Å². The minimum Gasteiger partial charge on any atom is -0.320 e. The lowest BCUT2D eigenvalue weighted by Crippen LogP contribution is -2.18. The Morgan fingerprint density at radius 1 is 0.950 bits per heavy atom. The third kappa shape index (κ3) is 3.08. The summed E-state index contributed by atoms with van der Waals surface area (Å²) in [4.78, 5) is 0. The molecule has 0 aromatic heterocycles. The zero-order chi connectivity index (χ0) is 14.9. The van der Waals surface area contributed by atoms with Gasteiger partial charge in [-0.3, -0.25) is 0 Å². The molecule has 0 heterocycles. The van der Waals surface area contributed by atoms with Crippen molar-refractivity contribution in [2.45, 2.75) is 12.2 Å². The highest BCUT2D eigenvalue weighted by atomic mass is 35.5. The van der Waals surface area contributed by atoms with Crippen LogP contribution >= 0.6 is 23.2 Å². The van der Waals surface area contributed by atoms with E-state index in [0.717, 1.165) is 6.07 Å². The van der Waals surface area contributed by atoms with Crippen LogP contribution in [0.1, 0.15) is 22.7 Å². The van der Waals surface area contributed by atoms with Crippen molar-refractivity contribution in [3.8, 4) is 0 Å². The Balaban J connectivity index is 2.51. The number of nitrogens with two attached hydrogens (primary N) is 1. The van der Waals surface area contributed by atoms with Gasteiger partial charge in [0.15, 0.2) is 0 Å². The lowest BCUT2D eigenvalue weighted by Gasteiger charge is -2.19. The van der Waals surface area contributed by atoms with E-state index in [9.17, 15) is 13.2 Å². The van der Waals surface area contributed by atoms with E-state index in [2.05, 4.69) is 0 Å². The fraction of sp³-hybridized carbons (Fsp3) is 0.143. The molecule has 1 atom stereocenters. The topological polar surface area (TPSA) is 26.0 Å². The van der Waals surface area contributed by atoms with Crippen molar-refractivity contribution in [2.24, 2.45) is 5.73 Å². The van der Waals surface area contributed by atoms with E-state index >= 15 is 0 Å². The summed E-state index contributed by atoms with van der Waals surface area (Å²) < 4.78 is 38.9. The van der Waals surface area contributed by atoms with Gasteiger partial charge in [-0.25, -0.2) is 0 Å². The van der Waals surface area contributed by atoms with E-state index < -0.39 is 17.8 Å². The van der Waals surface area contributed by atoms with Crippen LogP contribution in [0.3, 0.4) is 0 Å². The largest absolute Gasteiger partial charge is 0.416 e. The van der Waals surface area contributed by atoms with E-state index in [-0.39, 0.29) is 10.6 Å². The summed E-state index contributed by atoms with van der Waals surface area (Å²) in [6.07, 6.45) is -4.47. The molecule has 20 heavy (non-hydrogen) atoms. The second-order valence-corrected chi connectivity index (χ2v) is 5.07. The molecule has 1 nitrogen and oxygen atoms in total. The maximum Gasteiger partial charge on any atom is 0.416 e. The summed E-state index contributed by atoms with van der Waals surface area (Å²) >= 11 is 11.8. The molecule has 0 radical (unpaired) electrons. The second kappa shape index (κ2) is 5.64. The van der Waals surface area contributed by atoms with Crippen LogP contribution in [0.2, 0.25) is 10.0 Å². The molecule has 0 aliphatic carbocycles. The number of benzene rings is 2. The van der Waals surface area contributed by atoms with Crippen molar-refractivity contribution in [2.75, 3.05) is 0 Å². The van der Waals surface area contributed by atoms with Crippen LogP contribution < -0.4 is 5.73 Å². The third-order valence-electron chi connectivity index (χ3n) is 2.90. The van der Waals surface area contributed by atoms with Gasteiger partial charge in [-0.15, -0.1) is 0 Å². The summed E-state index contributed by atoms with van der Waals surface area (Å²) in [5, 5.41) is 0.636. The molecule has 6 heteroatoms.